The monoisotopic (exact) mass is 484 g/mol. The van der Waals surface area contributed by atoms with Crippen LogP contribution in [0.25, 0.3) is 0 Å². The van der Waals surface area contributed by atoms with E-state index in [1.807, 2.05) is 0 Å². The Bertz CT molecular complexity index is 1090. The van der Waals surface area contributed by atoms with Crippen LogP contribution in [0, 0.1) is 21.7 Å². The molecule has 2 saturated carbocycles. The van der Waals surface area contributed by atoms with E-state index in [0.29, 0.717) is 0 Å². The van der Waals surface area contributed by atoms with Crippen LogP contribution in [0.5, 0.6) is 0 Å². The molecule has 2 heterocycles. The van der Waals surface area contributed by atoms with Crippen LogP contribution in [0.15, 0.2) is 49.1 Å². The lowest BCUT2D eigenvalue weighted by Gasteiger charge is -2.29. The van der Waals surface area contributed by atoms with Crippen LogP contribution >= 0.6 is 0 Å². The first kappa shape index (κ1) is 24.0. The lowest BCUT2D eigenvalue weighted by molar-refractivity contribution is -0.190. The van der Waals surface area contributed by atoms with Gasteiger partial charge in [-0.2, -0.15) is 26.3 Å². The average Bonchev–Trinajstić information content (AvgIpc) is 3.64. The molecule has 11 heteroatoms. The normalized spacial score (nSPS) is 32.7. The molecule has 180 valence electrons. The number of pyridine rings is 2. The van der Waals surface area contributed by atoms with Crippen LogP contribution in [-0.4, -0.2) is 39.7 Å². The van der Waals surface area contributed by atoms with Gasteiger partial charge in [-0.05, 0) is 37.1 Å². The molecule has 0 spiro atoms. The quantitative estimate of drug-likeness (QED) is 0.425. The second kappa shape index (κ2) is 6.96. The molecule has 2 aromatic heterocycles. The van der Waals surface area contributed by atoms with Crippen molar-refractivity contribution in [3.05, 3.63) is 60.2 Å². The van der Waals surface area contributed by atoms with Gasteiger partial charge in [-0.25, -0.2) is 0 Å². The minimum absolute atomic E-state index is 0.411. The molecule has 34 heavy (non-hydrogen) atoms. The fraction of sp³-hybridized carbons (Fsp3) is 0.435. The summed E-state index contributed by atoms with van der Waals surface area (Å²) in [6, 6.07) is 4.66. The van der Waals surface area contributed by atoms with Crippen LogP contribution in [0.1, 0.15) is 47.4 Å². The third-order valence-electron chi connectivity index (χ3n) is 7.46. The lowest BCUT2D eigenvalue weighted by atomic mass is 9.75. The molecule has 4 rings (SSSR count). The van der Waals surface area contributed by atoms with E-state index in [9.17, 15) is 40.7 Å². The highest BCUT2D eigenvalue weighted by Gasteiger charge is 2.91. The van der Waals surface area contributed by atoms with E-state index in [4.69, 9.17) is 0 Å². The number of halogens is 6. The molecule has 0 amide bonds. The fourth-order valence-electron chi connectivity index (χ4n) is 5.36. The van der Waals surface area contributed by atoms with Crippen molar-refractivity contribution >= 4 is 17.3 Å². The SMILES string of the molecule is CC1(C(=O)C2(C)CC2(C(=O)c2cccnc2)C(F)(F)F)CC1(C(=O)c1cccnc1)C(F)(F)F. The molecule has 2 fully saturated rings. The van der Waals surface area contributed by atoms with Gasteiger partial charge in [-0.15, -0.1) is 0 Å². The second-order valence-electron chi connectivity index (χ2n) is 9.29. The summed E-state index contributed by atoms with van der Waals surface area (Å²) in [5.74, 6) is -4.29. The van der Waals surface area contributed by atoms with Crippen LogP contribution < -0.4 is 0 Å². The van der Waals surface area contributed by atoms with Gasteiger partial charge < -0.3 is 0 Å². The molecule has 0 saturated heterocycles. The lowest BCUT2D eigenvalue weighted by Crippen LogP contribution is -2.45. The van der Waals surface area contributed by atoms with Crippen molar-refractivity contribution in [2.75, 3.05) is 0 Å². The van der Waals surface area contributed by atoms with Crippen molar-refractivity contribution in [1.29, 1.82) is 0 Å². The van der Waals surface area contributed by atoms with Crippen molar-refractivity contribution < 1.29 is 40.7 Å². The molecule has 2 aromatic rings. The molecule has 4 atom stereocenters. The molecule has 0 aliphatic heterocycles. The van der Waals surface area contributed by atoms with Crippen LogP contribution in [-0.2, 0) is 4.79 Å². The molecule has 0 radical (unpaired) electrons. The average molecular weight is 484 g/mol. The Morgan fingerprint density at radius 1 is 0.735 bits per heavy atom. The Balaban J connectivity index is 1.77. The summed E-state index contributed by atoms with van der Waals surface area (Å²) < 4.78 is 85.5. The summed E-state index contributed by atoms with van der Waals surface area (Å²) in [5.41, 5.74) is -12.2. The Morgan fingerprint density at radius 2 is 1.09 bits per heavy atom. The molecule has 2 aliphatic carbocycles. The smallest absolute Gasteiger partial charge is 0.298 e. The summed E-state index contributed by atoms with van der Waals surface area (Å²) in [5, 5.41) is 0. The summed E-state index contributed by atoms with van der Waals surface area (Å²) >= 11 is 0. The van der Waals surface area contributed by atoms with Crippen molar-refractivity contribution in [2.24, 2.45) is 21.7 Å². The first-order valence-corrected chi connectivity index (χ1v) is 10.2. The fourth-order valence-corrected chi connectivity index (χ4v) is 5.36. The van der Waals surface area contributed by atoms with E-state index in [2.05, 4.69) is 9.97 Å². The maximum atomic E-state index is 14.3. The largest absolute Gasteiger partial charge is 0.402 e. The zero-order chi connectivity index (χ0) is 25.4. The number of alkyl halides is 6. The summed E-state index contributed by atoms with van der Waals surface area (Å²) in [6.45, 7) is 1.69. The number of nitrogens with zero attached hydrogens (tertiary/aromatic N) is 2. The van der Waals surface area contributed by atoms with E-state index < -0.39 is 75.3 Å². The van der Waals surface area contributed by atoms with Crippen molar-refractivity contribution in [1.82, 2.24) is 9.97 Å². The molecular weight excluding hydrogens is 466 g/mol. The molecule has 4 unspecified atom stereocenters. The number of carbonyl (C=O) groups excluding carboxylic acids is 3. The maximum Gasteiger partial charge on any atom is 0.402 e. The van der Waals surface area contributed by atoms with Gasteiger partial charge >= 0.3 is 12.4 Å². The predicted molar refractivity (Wildman–Crippen MR) is 105 cm³/mol. The first-order valence-electron chi connectivity index (χ1n) is 10.2. The standard InChI is InChI=1S/C23H18F6N2O3/c1-18(11-20(18,22(24,25)26)15(32)13-5-3-7-30-9-13)17(34)19(2)12-21(19,23(27,28)29)16(33)14-6-4-8-31-10-14/h3-10H,11-12H2,1-2H3. The van der Waals surface area contributed by atoms with Crippen LogP contribution in [0.3, 0.4) is 0 Å². The molecule has 0 bridgehead atoms. The number of Topliss-reactive ketones (excluding diaryl/α,β-unsaturated/α-hetero) is 3. The van der Waals surface area contributed by atoms with Crippen molar-refractivity contribution in [2.45, 2.75) is 39.0 Å². The third kappa shape index (κ3) is 2.84. The molecular formula is C23H18F6N2O3. The van der Waals surface area contributed by atoms with E-state index in [0.717, 1.165) is 38.4 Å². The van der Waals surface area contributed by atoms with Gasteiger partial charge in [-0.3, -0.25) is 24.4 Å². The van der Waals surface area contributed by atoms with E-state index in [-0.39, 0.29) is 0 Å². The minimum Gasteiger partial charge on any atom is -0.298 e. The topological polar surface area (TPSA) is 77.0 Å². The van der Waals surface area contributed by atoms with Gasteiger partial charge in [0.15, 0.2) is 11.6 Å². The van der Waals surface area contributed by atoms with E-state index in [1.165, 1.54) is 24.5 Å². The highest BCUT2D eigenvalue weighted by Crippen LogP contribution is 2.80. The van der Waals surface area contributed by atoms with Crippen LogP contribution in [0.2, 0.25) is 0 Å². The van der Waals surface area contributed by atoms with Gasteiger partial charge in [0.25, 0.3) is 0 Å². The van der Waals surface area contributed by atoms with Gasteiger partial charge in [0.2, 0.25) is 0 Å². The third-order valence-corrected chi connectivity index (χ3v) is 7.46. The number of rotatable bonds is 6. The van der Waals surface area contributed by atoms with Gasteiger partial charge in [0.1, 0.15) is 16.6 Å². The Kier molecular flexibility index (Phi) is 4.92. The van der Waals surface area contributed by atoms with E-state index in [1.54, 1.807) is 0 Å². The summed E-state index contributed by atoms with van der Waals surface area (Å²) in [6.07, 6.45) is -8.18. The second-order valence-corrected chi connectivity index (χ2v) is 9.29. The Labute approximate surface area is 189 Å². The number of aromatic nitrogens is 2. The highest BCUT2D eigenvalue weighted by molar-refractivity contribution is 6.15. The Hall–Kier alpha value is -3.11. The van der Waals surface area contributed by atoms with Gasteiger partial charge in [-0.1, -0.05) is 13.8 Å². The van der Waals surface area contributed by atoms with Gasteiger partial charge in [0.05, 0.1) is 0 Å². The minimum atomic E-state index is -5.22. The predicted octanol–water partition coefficient (Wildman–Crippen LogP) is 5.03. The first-order chi connectivity index (χ1) is 15.6. The van der Waals surface area contributed by atoms with Crippen molar-refractivity contribution in [3.8, 4) is 0 Å². The Morgan fingerprint density at radius 3 is 1.35 bits per heavy atom. The number of carbonyl (C=O) groups is 3. The van der Waals surface area contributed by atoms with Crippen molar-refractivity contribution in [3.63, 3.8) is 0 Å². The molecule has 0 aromatic carbocycles. The molecule has 2 aliphatic rings. The molecule has 5 nitrogen and oxygen atoms in total. The highest BCUT2D eigenvalue weighted by atomic mass is 19.4. The zero-order valence-corrected chi connectivity index (χ0v) is 17.9. The number of hydrogen-bond donors (Lipinski definition) is 0. The molecule has 0 N–H and O–H groups in total. The number of ketones is 3. The summed E-state index contributed by atoms with van der Waals surface area (Å²) in [4.78, 5) is 46.6. The van der Waals surface area contributed by atoms with Crippen LogP contribution in [0.4, 0.5) is 26.3 Å². The van der Waals surface area contributed by atoms with Gasteiger partial charge in [0, 0.05) is 46.7 Å². The zero-order valence-electron chi connectivity index (χ0n) is 17.9. The number of hydrogen-bond acceptors (Lipinski definition) is 5. The van der Waals surface area contributed by atoms with E-state index >= 15 is 0 Å². The summed E-state index contributed by atoms with van der Waals surface area (Å²) in [7, 11) is 0. The maximum absolute atomic E-state index is 14.3.